The number of pyridine rings is 1. The fourth-order valence-electron chi connectivity index (χ4n) is 4.76. The molecule has 174 valence electrons. The Labute approximate surface area is 197 Å². The second-order valence-corrected chi connectivity index (χ2v) is 10.2. The maximum atomic E-state index is 14.8. The molecule has 0 aliphatic heterocycles. The lowest BCUT2D eigenvalue weighted by molar-refractivity contribution is -0.130. The average Bonchev–Trinajstić information content (AvgIpc) is 3.24. The number of nitrogens with one attached hydrogen (secondary N) is 2. The molecular weight excluding hydrogens is 442 g/mol. The minimum Gasteiger partial charge on any atom is -0.354 e. The Morgan fingerprint density at radius 3 is 2.55 bits per heavy atom. The number of aromatic nitrogens is 1. The van der Waals surface area contributed by atoms with Crippen molar-refractivity contribution in [1.82, 2.24) is 10.3 Å². The van der Waals surface area contributed by atoms with Gasteiger partial charge in [0.25, 0.3) is 5.92 Å². The number of carbonyl (C=O) groups is 1. The van der Waals surface area contributed by atoms with Crippen molar-refractivity contribution in [3.63, 3.8) is 0 Å². The molecule has 2 saturated carbocycles. The van der Waals surface area contributed by atoms with Crippen molar-refractivity contribution in [2.75, 3.05) is 11.6 Å². The third-order valence-electron chi connectivity index (χ3n) is 7.15. The molecule has 8 heteroatoms. The zero-order chi connectivity index (χ0) is 24.0. The third-order valence-corrected chi connectivity index (χ3v) is 8.20. The zero-order valence-corrected chi connectivity index (χ0v) is 20.0. The van der Waals surface area contributed by atoms with E-state index in [0.29, 0.717) is 34.2 Å². The summed E-state index contributed by atoms with van der Waals surface area (Å²) >= 11 is 1.74. The molecule has 5 nitrogen and oxygen atoms in total. The Kier molecular flexibility index (Phi) is 6.12. The van der Waals surface area contributed by atoms with Gasteiger partial charge in [-0.2, -0.15) is 17.0 Å². The maximum Gasteiger partial charge on any atom is 0.270 e. The highest BCUT2D eigenvalue weighted by atomic mass is 32.2. The standard InChI is InChI=1S/C25H28F2N4OS/c1-5-19-20(12-28)14(2)29-13-21(19)30-16-8-6-15(7-9-16)22-24(3,25(22,26)27)23(32)31-17-10-18(11-17)33-4/h6-9,13,17-18,22,30H,5,10-11H2,1-4H3,(H,31,32). The van der Waals surface area contributed by atoms with Crippen molar-refractivity contribution in [3.8, 4) is 6.07 Å². The summed E-state index contributed by atoms with van der Waals surface area (Å²) in [7, 11) is 0. The molecule has 2 atom stereocenters. The fourth-order valence-corrected chi connectivity index (χ4v) is 5.61. The molecular formula is C25H28F2N4OS. The number of rotatable bonds is 7. The number of amides is 1. The van der Waals surface area contributed by atoms with Crippen LogP contribution in [0.3, 0.4) is 0 Å². The monoisotopic (exact) mass is 470 g/mol. The normalized spacial score (nSPS) is 27.2. The van der Waals surface area contributed by atoms with E-state index in [1.165, 1.54) is 6.92 Å². The Hall–Kier alpha value is -2.66. The second-order valence-electron chi connectivity index (χ2n) is 9.08. The number of hydrogen-bond acceptors (Lipinski definition) is 5. The predicted octanol–water partition coefficient (Wildman–Crippen LogP) is 5.32. The van der Waals surface area contributed by atoms with Crippen LogP contribution in [0.1, 0.15) is 55.0 Å². The number of alkyl halides is 2. The van der Waals surface area contributed by atoms with Crippen LogP contribution in [0.15, 0.2) is 30.5 Å². The van der Waals surface area contributed by atoms with Gasteiger partial charge in [-0.15, -0.1) is 0 Å². The van der Waals surface area contributed by atoms with Gasteiger partial charge in [0.1, 0.15) is 11.5 Å². The Balaban J connectivity index is 1.49. The molecule has 2 aromatic rings. The number of nitrogens with zero attached hydrogens (tertiary/aromatic N) is 2. The largest absolute Gasteiger partial charge is 0.354 e. The Morgan fingerprint density at radius 2 is 1.97 bits per heavy atom. The van der Waals surface area contributed by atoms with Gasteiger partial charge in [-0.25, -0.2) is 8.78 Å². The van der Waals surface area contributed by atoms with Crippen molar-refractivity contribution in [2.45, 2.75) is 63.2 Å². The van der Waals surface area contributed by atoms with Crippen LogP contribution in [0.25, 0.3) is 0 Å². The molecule has 2 aliphatic carbocycles. The first kappa shape index (κ1) is 23.5. The number of anilines is 2. The van der Waals surface area contributed by atoms with E-state index >= 15 is 0 Å². The van der Waals surface area contributed by atoms with Crippen LogP contribution in [0, 0.1) is 23.7 Å². The molecule has 2 aliphatic rings. The molecule has 0 bridgehead atoms. The van der Waals surface area contributed by atoms with Crippen molar-refractivity contribution in [2.24, 2.45) is 5.41 Å². The highest BCUT2D eigenvalue weighted by Gasteiger charge is 2.82. The Morgan fingerprint density at radius 1 is 1.30 bits per heavy atom. The number of thioether (sulfide) groups is 1. The lowest BCUT2D eigenvalue weighted by Gasteiger charge is -2.35. The van der Waals surface area contributed by atoms with Gasteiger partial charge in [0.05, 0.1) is 29.1 Å². The van der Waals surface area contributed by atoms with E-state index < -0.39 is 23.2 Å². The summed E-state index contributed by atoms with van der Waals surface area (Å²) in [6.45, 7) is 5.12. The minimum absolute atomic E-state index is 0.00965. The predicted molar refractivity (Wildman–Crippen MR) is 127 cm³/mol. The summed E-state index contributed by atoms with van der Waals surface area (Å²) in [5, 5.41) is 16.0. The van der Waals surface area contributed by atoms with E-state index in [0.717, 1.165) is 24.1 Å². The van der Waals surface area contributed by atoms with E-state index in [-0.39, 0.29) is 6.04 Å². The van der Waals surface area contributed by atoms with Crippen molar-refractivity contribution >= 4 is 29.0 Å². The first-order valence-corrected chi connectivity index (χ1v) is 12.4. The molecule has 1 aromatic heterocycles. The van der Waals surface area contributed by atoms with Gasteiger partial charge >= 0.3 is 0 Å². The molecule has 4 rings (SSSR count). The van der Waals surface area contributed by atoms with Crippen molar-refractivity contribution < 1.29 is 13.6 Å². The van der Waals surface area contributed by atoms with Crippen LogP contribution in [-0.2, 0) is 11.2 Å². The topological polar surface area (TPSA) is 77.8 Å². The number of hydrogen-bond donors (Lipinski definition) is 2. The Bertz CT molecular complexity index is 1110. The van der Waals surface area contributed by atoms with E-state index in [2.05, 4.69) is 21.7 Å². The van der Waals surface area contributed by atoms with E-state index in [1.54, 1.807) is 49.1 Å². The molecule has 2 N–H and O–H groups in total. The summed E-state index contributed by atoms with van der Waals surface area (Å²) in [5.74, 6) is -4.80. The van der Waals surface area contributed by atoms with Crippen LogP contribution in [0.2, 0.25) is 0 Å². The summed E-state index contributed by atoms with van der Waals surface area (Å²) in [6, 6.07) is 8.93. The first-order chi connectivity index (χ1) is 15.7. The van der Waals surface area contributed by atoms with E-state index in [9.17, 15) is 18.8 Å². The molecule has 1 heterocycles. The van der Waals surface area contributed by atoms with E-state index in [4.69, 9.17) is 0 Å². The lowest BCUT2D eigenvalue weighted by Crippen LogP contribution is -2.48. The molecule has 33 heavy (non-hydrogen) atoms. The molecule has 0 saturated heterocycles. The van der Waals surface area contributed by atoms with Gasteiger partial charge in [-0.1, -0.05) is 19.1 Å². The number of nitriles is 1. The molecule has 1 amide bonds. The summed E-state index contributed by atoms with van der Waals surface area (Å²) in [4.78, 5) is 17.0. The van der Waals surface area contributed by atoms with Crippen LogP contribution in [-0.4, -0.2) is 34.4 Å². The van der Waals surface area contributed by atoms with Crippen LogP contribution >= 0.6 is 11.8 Å². The molecule has 2 unspecified atom stereocenters. The third kappa shape index (κ3) is 3.86. The van der Waals surface area contributed by atoms with Gasteiger partial charge in [-0.3, -0.25) is 9.78 Å². The smallest absolute Gasteiger partial charge is 0.270 e. The molecule has 0 spiro atoms. The number of carbonyl (C=O) groups excluding carboxylic acids is 1. The van der Waals surface area contributed by atoms with Crippen LogP contribution < -0.4 is 10.6 Å². The summed E-state index contributed by atoms with van der Waals surface area (Å²) in [6.07, 6.45) is 6.03. The van der Waals surface area contributed by atoms with Gasteiger partial charge in [0.2, 0.25) is 5.91 Å². The molecule has 1 aromatic carbocycles. The number of halogens is 2. The van der Waals surface area contributed by atoms with Gasteiger partial charge in [0, 0.05) is 17.0 Å². The van der Waals surface area contributed by atoms with Crippen LogP contribution in [0.5, 0.6) is 0 Å². The average molecular weight is 471 g/mol. The second kappa shape index (κ2) is 8.60. The highest BCUT2D eigenvalue weighted by Crippen LogP contribution is 2.71. The summed E-state index contributed by atoms with van der Waals surface area (Å²) in [5.41, 5.74) is 2.22. The SMILES string of the molecule is CCc1c(Nc2ccc(C3C(F)(F)C3(C)C(=O)NC3CC(SC)C3)cc2)cnc(C)c1C#N. The van der Waals surface area contributed by atoms with Crippen molar-refractivity contribution in [3.05, 3.63) is 52.8 Å². The van der Waals surface area contributed by atoms with Gasteiger partial charge in [-0.05, 0) is 62.6 Å². The lowest BCUT2D eigenvalue weighted by atomic mass is 9.91. The summed E-state index contributed by atoms with van der Waals surface area (Å²) < 4.78 is 29.7. The van der Waals surface area contributed by atoms with Crippen LogP contribution in [0.4, 0.5) is 20.2 Å². The quantitative estimate of drug-likeness (QED) is 0.573. The number of benzene rings is 1. The number of aryl methyl sites for hydroxylation is 1. The maximum absolute atomic E-state index is 14.8. The van der Waals surface area contributed by atoms with E-state index in [1.807, 2.05) is 13.2 Å². The molecule has 2 fully saturated rings. The zero-order valence-electron chi connectivity index (χ0n) is 19.2. The highest BCUT2D eigenvalue weighted by molar-refractivity contribution is 7.99. The van der Waals surface area contributed by atoms with Gasteiger partial charge in [0.15, 0.2) is 0 Å². The van der Waals surface area contributed by atoms with Crippen molar-refractivity contribution in [1.29, 1.82) is 5.26 Å². The first-order valence-electron chi connectivity index (χ1n) is 11.1. The molecule has 0 radical (unpaired) electrons. The minimum atomic E-state index is -3.09. The van der Waals surface area contributed by atoms with Gasteiger partial charge < -0.3 is 10.6 Å². The fraction of sp³-hybridized carbons (Fsp3) is 0.480.